The Hall–Kier alpha value is -2.26. The average molecular weight is 354 g/mol. The third kappa shape index (κ3) is 4.18. The largest absolute Gasteiger partial charge is 0.308 e. The molecule has 130 valence electrons. The SMILES string of the molecule is CC(C)[C@H](NS(=O)(=O)c1ccccc1F)C(=O)Nc1ccn(C)n1. The average Bonchev–Trinajstić information content (AvgIpc) is 2.90. The van der Waals surface area contributed by atoms with Gasteiger partial charge in [-0.3, -0.25) is 9.48 Å². The maximum atomic E-state index is 13.8. The van der Waals surface area contributed by atoms with Crippen LogP contribution >= 0.6 is 0 Å². The molecule has 24 heavy (non-hydrogen) atoms. The first-order valence-electron chi connectivity index (χ1n) is 7.28. The van der Waals surface area contributed by atoms with E-state index in [-0.39, 0.29) is 5.92 Å². The lowest BCUT2D eigenvalue weighted by Crippen LogP contribution is -2.47. The molecule has 0 bridgehead atoms. The van der Waals surface area contributed by atoms with Crippen LogP contribution < -0.4 is 10.0 Å². The number of benzene rings is 1. The smallest absolute Gasteiger partial charge is 0.244 e. The Morgan fingerprint density at radius 3 is 2.46 bits per heavy atom. The molecular weight excluding hydrogens is 335 g/mol. The van der Waals surface area contributed by atoms with Crippen LogP contribution in [0, 0.1) is 11.7 Å². The Balaban J connectivity index is 2.22. The van der Waals surface area contributed by atoms with Crippen molar-refractivity contribution in [1.29, 1.82) is 0 Å². The molecule has 0 aliphatic rings. The molecule has 0 radical (unpaired) electrons. The van der Waals surface area contributed by atoms with Gasteiger partial charge in [-0.1, -0.05) is 26.0 Å². The number of carbonyl (C=O) groups excluding carboxylic acids is 1. The van der Waals surface area contributed by atoms with Crippen molar-refractivity contribution in [2.75, 3.05) is 5.32 Å². The van der Waals surface area contributed by atoms with Crippen LogP contribution in [0.5, 0.6) is 0 Å². The topological polar surface area (TPSA) is 93.1 Å². The van der Waals surface area contributed by atoms with E-state index in [0.29, 0.717) is 5.82 Å². The van der Waals surface area contributed by atoms with E-state index in [9.17, 15) is 17.6 Å². The van der Waals surface area contributed by atoms with Gasteiger partial charge < -0.3 is 5.32 Å². The molecule has 0 saturated carbocycles. The molecule has 0 spiro atoms. The van der Waals surface area contributed by atoms with Gasteiger partial charge in [-0.2, -0.15) is 9.82 Å². The molecule has 1 atom stereocenters. The lowest BCUT2D eigenvalue weighted by molar-refractivity contribution is -0.118. The van der Waals surface area contributed by atoms with E-state index in [4.69, 9.17) is 0 Å². The quantitative estimate of drug-likeness (QED) is 0.822. The number of halogens is 1. The lowest BCUT2D eigenvalue weighted by atomic mass is 10.1. The van der Waals surface area contributed by atoms with E-state index in [1.807, 2.05) is 0 Å². The summed E-state index contributed by atoms with van der Waals surface area (Å²) < 4.78 is 42.3. The molecule has 2 aromatic rings. The molecule has 7 nitrogen and oxygen atoms in total. The maximum absolute atomic E-state index is 13.8. The third-order valence-electron chi connectivity index (χ3n) is 3.32. The molecule has 2 rings (SSSR count). The van der Waals surface area contributed by atoms with Crippen LogP contribution in [0.25, 0.3) is 0 Å². The molecule has 9 heteroatoms. The predicted molar refractivity (Wildman–Crippen MR) is 87.2 cm³/mol. The first-order chi connectivity index (χ1) is 11.2. The number of aromatic nitrogens is 2. The highest BCUT2D eigenvalue weighted by atomic mass is 32.2. The van der Waals surface area contributed by atoms with Gasteiger partial charge in [0.05, 0.1) is 0 Å². The molecule has 0 aliphatic carbocycles. The van der Waals surface area contributed by atoms with Crippen LogP contribution in [0.15, 0.2) is 41.4 Å². The molecule has 2 N–H and O–H groups in total. The monoisotopic (exact) mass is 354 g/mol. The van der Waals surface area contributed by atoms with Crippen molar-refractivity contribution < 1.29 is 17.6 Å². The molecule has 1 aromatic carbocycles. The van der Waals surface area contributed by atoms with Gasteiger partial charge in [0.2, 0.25) is 15.9 Å². The minimum absolute atomic E-state index is 0.304. The van der Waals surface area contributed by atoms with Gasteiger partial charge in [0.1, 0.15) is 16.8 Å². The van der Waals surface area contributed by atoms with Gasteiger partial charge >= 0.3 is 0 Å². The Kier molecular flexibility index (Phi) is 5.35. The van der Waals surface area contributed by atoms with Gasteiger partial charge in [-0.05, 0) is 18.1 Å². The minimum atomic E-state index is -4.18. The van der Waals surface area contributed by atoms with Crippen LogP contribution in [-0.2, 0) is 21.9 Å². The Labute approximate surface area is 139 Å². The van der Waals surface area contributed by atoms with Crippen molar-refractivity contribution in [3.05, 3.63) is 42.3 Å². The van der Waals surface area contributed by atoms with Crippen molar-refractivity contribution in [2.45, 2.75) is 24.8 Å². The predicted octanol–water partition coefficient (Wildman–Crippen LogP) is 1.50. The van der Waals surface area contributed by atoms with Gasteiger partial charge in [-0.15, -0.1) is 0 Å². The number of anilines is 1. The standard InChI is InChI=1S/C15H19FN4O3S/c1-10(2)14(15(21)17-13-8-9-20(3)18-13)19-24(22,23)12-7-5-4-6-11(12)16/h4-10,14,19H,1-3H3,(H,17,18,21)/t14-/m0/s1. The van der Waals surface area contributed by atoms with Crippen molar-refractivity contribution in [3.63, 3.8) is 0 Å². The van der Waals surface area contributed by atoms with Crippen LogP contribution in [0.3, 0.4) is 0 Å². The molecule has 0 fully saturated rings. The summed E-state index contributed by atoms with van der Waals surface area (Å²) in [5, 5.41) is 6.55. The zero-order chi connectivity index (χ0) is 17.9. The van der Waals surface area contributed by atoms with Crippen molar-refractivity contribution in [3.8, 4) is 0 Å². The first kappa shape index (κ1) is 18.1. The highest BCUT2D eigenvalue weighted by Gasteiger charge is 2.30. The van der Waals surface area contributed by atoms with Gasteiger partial charge in [0.25, 0.3) is 0 Å². The minimum Gasteiger partial charge on any atom is -0.308 e. The summed E-state index contributed by atoms with van der Waals surface area (Å²) in [6, 6.07) is 5.51. The number of hydrogen-bond acceptors (Lipinski definition) is 4. The summed E-state index contributed by atoms with van der Waals surface area (Å²) in [6.07, 6.45) is 1.64. The number of amides is 1. The molecule has 0 saturated heterocycles. The number of hydrogen-bond donors (Lipinski definition) is 2. The second kappa shape index (κ2) is 7.10. The number of nitrogens with zero attached hydrogens (tertiary/aromatic N) is 2. The summed E-state index contributed by atoms with van der Waals surface area (Å²) in [5.41, 5.74) is 0. The Morgan fingerprint density at radius 2 is 1.92 bits per heavy atom. The normalized spacial score (nSPS) is 13.0. The van der Waals surface area contributed by atoms with E-state index >= 15 is 0 Å². The zero-order valence-corrected chi connectivity index (χ0v) is 14.3. The maximum Gasteiger partial charge on any atom is 0.244 e. The molecule has 1 heterocycles. The summed E-state index contributed by atoms with van der Waals surface area (Å²) in [6.45, 7) is 3.37. The molecule has 0 unspecified atom stereocenters. The molecule has 1 amide bonds. The van der Waals surface area contributed by atoms with Crippen molar-refractivity contribution in [2.24, 2.45) is 13.0 Å². The number of sulfonamides is 1. The van der Waals surface area contributed by atoms with Gasteiger partial charge in [0, 0.05) is 19.3 Å². The Bertz CT molecular complexity index is 833. The zero-order valence-electron chi connectivity index (χ0n) is 13.5. The first-order valence-corrected chi connectivity index (χ1v) is 8.76. The van der Waals surface area contributed by atoms with E-state index in [2.05, 4.69) is 15.1 Å². The second-order valence-corrected chi connectivity index (χ2v) is 7.32. The molecule has 1 aromatic heterocycles. The van der Waals surface area contributed by atoms with E-state index in [1.165, 1.54) is 16.8 Å². The lowest BCUT2D eigenvalue weighted by Gasteiger charge is -2.21. The van der Waals surface area contributed by atoms with E-state index in [1.54, 1.807) is 33.2 Å². The Morgan fingerprint density at radius 1 is 1.25 bits per heavy atom. The highest BCUT2D eigenvalue weighted by Crippen LogP contribution is 2.16. The fraction of sp³-hybridized carbons (Fsp3) is 0.333. The summed E-state index contributed by atoms with van der Waals surface area (Å²) in [4.78, 5) is 11.9. The van der Waals surface area contributed by atoms with Crippen LogP contribution in [0.1, 0.15) is 13.8 Å². The van der Waals surface area contributed by atoms with Gasteiger partial charge in [0.15, 0.2) is 5.82 Å². The summed E-state index contributed by atoms with van der Waals surface area (Å²) in [7, 11) is -2.49. The molecular formula is C15H19FN4O3S. The summed E-state index contributed by atoms with van der Waals surface area (Å²) >= 11 is 0. The van der Waals surface area contributed by atoms with Crippen molar-refractivity contribution >= 4 is 21.7 Å². The number of nitrogens with one attached hydrogen (secondary N) is 2. The fourth-order valence-corrected chi connectivity index (χ4v) is 3.49. The van der Waals surface area contributed by atoms with Gasteiger partial charge in [-0.25, -0.2) is 12.8 Å². The number of aryl methyl sites for hydroxylation is 1. The van der Waals surface area contributed by atoms with Crippen molar-refractivity contribution in [1.82, 2.24) is 14.5 Å². The van der Waals surface area contributed by atoms with Crippen LogP contribution in [-0.4, -0.2) is 30.1 Å². The third-order valence-corrected chi connectivity index (χ3v) is 4.80. The van der Waals surface area contributed by atoms with Crippen LogP contribution in [0.2, 0.25) is 0 Å². The van der Waals surface area contributed by atoms with E-state index in [0.717, 1.165) is 12.1 Å². The summed E-state index contributed by atoms with van der Waals surface area (Å²) in [5.74, 6) is -1.49. The second-order valence-electron chi connectivity index (χ2n) is 5.64. The highest BCUT2D eigenvalue weighted by molar-refractivity contribution is 7.89. The van der Waals surface area contributed by atoms with Crippen LogP contribution in [0.4, 0.5) is 10.2 Å². The molecule has 0 aliphatic heterocycles. The number of carbonyl (C=O) groups is 1. The number of rotatable bonds is 6. The van der Waals surface area contributed by atoms with E-state index < -0.39 is 32.7 Å². The fourth-order valence-electron chi connectivity index (χ4n) is 2.07.